The van der Waals surface area contributed by atoms with E-state index in [1.165, 1.54) is 0 Å². The number of hydrogen-bond acceptors (Lipinski definition) is 2. The highest BCUT2D eigenvalue weighted by atomic mass is 16.2. The zero-order chi connectivity index (χ0) is 10.7. The first-order chi connectivity index (χ1) is 7.33. The van der Waals surface area contributed by atoms with Crippen molar-refractivity contribution in [2.24, 2.45) is 0 Å². The molecule has 2 saturated heterocycles. The highest BCUT2D eigenvalue weighted by molar-refractivity contribution is 5.77. The molecule has 2 fully saturated rings. The van der Waals surface area contributed by atoms with Crippen molar-refractivity contribution in [2.75, 3.05) is 32.7 Å². The Morgan fingerprint density at radius 1 is 1.60 bits per heavy atom. The van der Waals surface area contributed by atoms with Gasteiger partial charge >= 0.3 is 6.03 Å². The number of urea groups is 1. The van der Waals surface area contributed by atoms with Crippen molar-refractivity contribution in [3.8, 4) is 12.3 Å². The van der Waals surface area contributed by atoms with Crippen LogP contribution in [0.4, 0.5) is 4.79 Å². The third kappa shape index (κ3) is 2.07. The molecule has 2 aliphatic heterocycles. The Labute approximate surface area is 90.6 Å². The summed E-state index contributed by atoms with van der Waals surface area (Å²) in [6.07, 6.45) is 6.86. The van der Waals surface area contributed by atoms with Crippen molar-refractivity contribution in [3.63, 3.8) is 0 Å². The molecule has 0 aromatic heterocycles. The van der Waals surface area contributed by atoms with Gasteiger partial charge in [0.25, 0.3) is 0 Å². The van der Waals surface area contributed by atoms with Gasteiger partial charge in [0, 0.05) is 39.1 Å². The van der Waals surface area contributed by atoms with Gasteiger partial charge in [-0.15, -0.1) is 12.3 Å². The van der Waals surface area contributed by atoms with Gasteiger partial charge in [0.05, 0.1) is 6.04 Å². The molecule has 2 rings (SSSR count). The molecule has 0 aliphatic carbocycles. The molecular weight excluding hydrogens is 190 g/mol. The van der Waals surface area contributed by atoms with Crippen LogP contribution in [0.5, 0.6) is 0 Å². The fraction of sp³-hybridized carbons (Fsp3) is 0.727. The lowest BCUT2D eigenvalue weighted by atomic mass is 10.2. The topological polar surface area (TPSA) is 35.6 Å². The normalized spacial score (nSPS) is 25.3. The van der Waals surface area contributed by atoms with Crippen LogP contribution in [0.15, 0.2) is 0 Å². The van der Waals surface area contributed by atoms with Gasteiger partial charge < -0.3 is 15.1 Å². The lowest BCUT2D eigenvalue weighted by Crippen LogP contribution is -2.49. The van der Waals surface area contributed by atoms with Gasteiger partial charge in [-0.25, -0.2) is 4.79 Å². The van der Waals surface area contributed by atoms with Crippen LogP contribution in [0.25, 0.3) is 0 Å². The predicted molar refractivity (Wildman–Crippen MR) is 58.4 cm³/mol. The predicted octanol–water partition coefficient (Wildman–Crippen LogP) is 0.109. The quantitative estimate of drug-likeness (QED) is 0.526. The summed E-state index contributed by atoms with van der Waals surface area (Å²) in [4.78, 5) is 15.8. The van der Waals surface area contributed by atoms with E-state index in [2.05, 4.69) is 11.2 Å². The maximum atomic E-state index is 11.9. The molecule has 1 N–H and O–H groups in total. The monoisotopic (exact) mass is 207 g/mol. The number of piperazine rings is 1. The second kappa shape index (κ2) is 4.54. The summed E-state index contributed by atoms with van der Waals surface area (Å²) in [5.74, 6) is 2.61. The molecule has 2 amide bonds. The summed E-state index contributed by atoms with van der Waals surface area (Å²) in [5, 5.41) is 3.31. The molecule has 0 bridgehead atoms. The van der Waals surface area contributed by atoms with E-state index in [1.54, 1.807) is 0 Å². The lowest BCUT2D eigenvalue weighted by molar-refractivity contribution is 0.179. The van der Waals surface area contributed by atoms with Crippen molar-refractivity contribution in [1.82, 2.24) is 15.1 Å². The molecule has 15 heavy (non-hydrogen) atoms. The molecule has 1 unspecified atom stereocenters. The summed E-state index contributed by atoms with van der Waals surface area (Å²) >= 11 is 0. The minimum absolute atomic E-state index is 0.193. The molecule has 4 nitrogen and oxygen atoms in total. The fourth-order valence-corrected chi connectivity index (χ4v) is 2.25. The highest BCUT2D eigenvalue weighted by Crippen LogP contribution is 2.17. The number of nitrogens with zero attached hydrogens (tertiary/aromatic N) is 2. The highest BCUT2D eigenvalue weighted by Gasteiger charge is 2.37. The number of hydrogen-bond donors (Lipinski definition) is 1. The summed E-state index contributed by atoms with van der Waals surface area (Å²) in [5.41, 5.74) is 0. The van der Waals surface area contributed by atoms with Crippen molar-refractivity contribution in [2.45, 2.75) is 18.9 Å². The molecule has 0 aromatic carbocycles. The van der Waals surface area contributed by atoms with Crippen molar-refractivity contribution >= 4 is 6.03 Å². The zero-order valence-corrected chi connectivity index (χ0v) is 8.91. The van der Waals surface area contributed by atoms with Crippen molar-refractivity contribution < 1.29 is 4.79 Å². The minimum Gasteiger partial charge on any atom is -0.322 e. The number of terminal acetylenes is 1. The molecule has 2 heterocycles. The molecule has 0 aromatic rings. The number of carbonyl (C=O) groups excluding carboxylic acids is 1. The average Bonchev–Trinajstić information content (AvgIpc) is 2.57. The standard InChI is InChI=1S/C11H17N3O/c1-2-3-4-6-13-9-10-8-12-5-7-14(10)11(13)15/h1,10,12H,3-9H2. The van der Waals surface area contributed by atoms with E-state index >= 15 is 0 Å². The first-order valence-electron chi connectivity index (χ1n) is 5.52. The maximum Gasteiger partial charge on any atom is 0.320 e. The zero-order valence-electron chi connectivity index (χ0n) is 8.91. The van der Waals surface area contributed by atoms with E-state index in [-0.39, 0.29) is 6.03 Å². The van der Waals surface area contributed by atoms with Gasteiger partial charge in [-0.05, 0) is 6.42 Å². The number of carbonyl (C=O) groups is 1. The summed E-state index contributed by atoms with van der Waals surface area (Å²) in [6.45, 7) is 4.35. The average molecular weight is 207 g/mol. The summed E-state index contributed by atoms with van der Waals surface area (Å²) < 4.78 is 0. The van der Waals surface area contributed by atoms with Crippen molar-refractivity contribution in [1.29, 1.82) is 0 Å². The first-order valence-corrected chi connectivity index (χ1v) is 5.52. The lowest BCUT2D eigenvalue weighted by Gasteiger charge is -2.28. The van der Waals surface area contributed by atoms with Gasteiger partial charge in [-0.3, -0.25) is 0 Å². The number of nitrogens with one attached hydrogen (secondary N) is 1. The van der Waals surface area contributed by atoms with Gasteiger partial charge in [0.15, 0.2) is 0 Å². The Balaban J connectivity index is 1.87. The van der Waals surface area contributed by atoms with E-state index in [0.29, 0.717) is 6.04 Å². The summed E-state index contributed by atoms with van der Waals surface area (Å²) in [6, 6.07) is 0.565. The smallest absolute Gasteiger partial charge is 0.320 e. The Morgan fingerprint density at radius 3 is 3.20 bits per heavy atom. The SMILES string of the molecule is C#CCCCN1CC2CNCCN2C1=O. The second-order valence-electron chi connectivity index (χ2n) is 4.09. The van der Waals surface area contributed by atoms with E-state index in [9.17, 15) is 4.79 Å². The first kappa shape index (κ1) is 10.3. The van der Waals surface area contributed by atoms with Crippen LogP contribution in [-0.2, 0) is 0 Å². The Hall–Kier alpha value is -1.21. The Bertz CT molecular complexity index is 284. The summed E-state index contributed by atoms with van der Waals surface area (Å²) in [7, 11) is 0. The Morgan fingerprint density at radius 2 is 2.47 bits per heavy atom. The number of amides is 2. The third-order valence-electron chi connectivity index (χ3n) is 3.05. The van der Waals surface area contributed by atoms with E-state index in [1.807, 2.05) is 9.80 Å². The van der Waals surface area contributed by atoms with Gasteiger partial charge in [-0.2, -0.15) is 0 Å². The molecule has 82 valence electrons. The minimum atomic E-state index is 0.193. The maximum absolute atomic E-state index is 11.9. The van der Waals surface area contributed by atoms with E-state index in [0.717, 1.165) is 45.6 Å². The number of fused-ring (bicyclic) bond motifs is 1. The largest absolute Gasteiger partial charge is 0.322 e. The van der Waals surface area contributed by atoms with Crippen LogP contribution in [0.3, 0.4) is 0 Å². The molecule has 2 aliphatic rings. The van der Waals surface area contributed by atoms with Gasteiger partial charge in [0.2, 0.25) is 0 Å². The molecular formula is C11H17N3O. The van der Waals surface area contributed by atoms with Gasteiger partial charge in [0.1, 0.15) is 0 Å². The molecule has 4 heteroatoms. The van der Waals surface area contributed by atoms with Crippen molar-refractivity contribution in [3.05, 3.63) is 0 Å². The molecule has 0 saturated carbocycles. The van der Waals surface area contributed by atoms with E-state index < -0.39 is 0 Å². The number of unbranched alkanes of at least 4 members (excludes halogenated alkanes) is 1. The van der Waals surface area contributed by atoms with Crippen LogP contribution in [0, 0.1) is 12.3 Å². The third-order valence-corrected chi connectivity index (χ3v) is 3.05. The van der Waals surface area contributed by atoms with Crippen LogP contribution < -0.4 is 5.32 Å². The van der Waals surface area contributed by atoms with Crippen LogP contribution in [0.2, 0.25) is 0 Å². The Kier molecular flexibility index (Phi) is 3.12. The number of rotatable bonds is 3. The second-order valence-corrected chi connectivity index (χ2v) is 4.09. The van der Waals surface area contributed by atoms with E-state index in [4.69, 9.17) is 6.42 Å². The molecule has 0 spiro atoms. The van der Waals surface area contributed by atoms with Gasteiger partial charge in [-0.1, -0.05) is 0 Å². The molecule has 0 radical (unpaired) electrons. The molecule has 1 atom stereocenters. The fourth-order valence-electron chi connectivity index (χ4n) is 2.25. The van der Waals surface area contributed by atoms with Crippen LogP contribution >= 0.6 is 0 Å². The van der Waals surface area contributed by atoms with Crippen LogP contribution in [-0.4, -0.2) is 54.6 Å². The van der Waals surface area contributed by atoms with Crippen LogP contribution in [0.1, 0.15) is 12.8 Å².